The average molecular weight is 416 g/mol. The van der Waals surface area contributed by atoms with Gasteiger partial charge >= 0.3 is 0 Å². The van der Waals surface area contributed by atoms with E-state index in [4.69, 9.17) is 0 Å². The van der Waals surface area contributed by atoms with Crippen molar-refractivity contribution >= 4 is 60.5 Å². The first-order valence-electron chi connectivity index (χ1n) is 6.26. The van der Waals surface area contributed by atoms with E-state index >= 15 is 0 Å². The third-order valence-electron chi connectivity index (χ3n) is 3.17. The number of amides is 1. The summed E-state index contributed by atoms with van der Waals surface area (Å²) in [4.78, 5) is 12.9. The second-order valence-corrected chi connectivity index (χ2v) is 7.81. The highest BCUT2D eigenvalue weighted by Gasteiger charge is 2.14. The maximum atomic E-state index is 12.2. The number of fused-ring (bicyclic) bond motifs is 1. The van der Waals surface area contributed by atoms with Gasteiger partial charge in [-0.15, -0.1) is 11.3 Å². The number of hydrogen-bond acceptors (Lipinski definition) is 3. The molecule has 1 aliphatic rings. The molecule has 3 rings (SSSR count). The van der Waals surface area contributed by atoms with E-state index in [9.17, 15) is 4.79 Å². The number of thiophene rings is 1. The quantitative estimate of drug-likeness (QED) is 0.733. The summed E-state index contributed by atoms with van der Waals surface area (Å²) < 4.78 is 1.83. The standard InChI is InChI=1S/C14H12Br2N2OS/c15-10-7-12(20-13(10)16)14(19)18-9-3-4-11-8(6-9)2-1-5-17-11/h3-4,6-7,17H,1-2,5H2,(H,18,19). The summed E-state index contributed by atoms with van der Waals surface area (Å²) in [6, 6.07) is 7.85. The van der Waals surface area contributed by atoms with Crippen molar-refractivity contribution < 1.29 is 4.79 Å². The Morgan fingerprint density at radius 1 is 1.30 bits per heavy atom. The van der Waals surface area contributed by atoms with Crippen LogP contribution in [0.3, 0.4) is 0 Å². The molecule has 2 N–H and O–H groups in total. The van der Waals surface area contributed by atoms with Crippen LogP contribution in [0.15, 0.2) is 32.5 Å². The Labute approximate surface area is 138 Å². The van der Waals surface area contributed by atoms with E-state index in [2.05, 4.69) is 48.6 Å². The van der Waals surface area contributed by atoms with Gasteiger partial charge in [0.25, 0.3) is 5.91 Å². The molecule has 104 valence electrons. The summed E-state index contributed by atoms with van der Waals surface area (Å²) >= 11 is 8.21. The maximum Gasteiger partial charge on any atom is 0.265 e. The summed E-state index contributed by atoms with van der Waals surface area (Å²) in [6.45, 7) is 1.02. The number of carbonyl (C=O) groups excluding carboxylic acids is 1. The van der Waals surface area contributed by atoms with Gasteiger partial charge in [0.2, 0.25) is 0 Å². The SMILES string of the molecule is O=C(Nc1ccc2c(c1)CCCN2)c1cc(Br)c(Br)s1. The first kappa shape index (κ1) is 14.1. The molecule has 0 aliphatic carbocycles. The van der Waals surface area contributed by atoms with Gasteiger partial charge in [-0.1, -0.05) is 0 Å². The van der Waals surface area contributed by atoms with Crippen LogP contribution in [0.4, 0.5) is 11.4 Å². The van der Waals surface area contributed by atoms with Gasteiger partial charge in [-0.05, 0) is 74.5 Å². The van der Waals surface area contributed by atoms with Crippen LogP contribution >= 0.6 is 43.2 Å². The van der Waals surface area contributed by atoms with E-state index in [1.165, 1.54) is 22.6 Å². The van der Waals surface area contributed by atoms with Crippen LogP contribution in [0.25, 0.3) is 0 Å². The van der Waals surface area contributed by atoms with Gasteiger partial charge in [0, 0.05) is 22.4 Å². The van der Waals surface area contributed by atoms with Crippen molar-refractivity contribution in [3.8, 4) is 0 Å². The Morgan fingerprint density at radius 3 is 2.90 bits per heavy atom. The van der Waals surface area contributed by atoms with Gasteiger partial charge in [0.1, 0.15) is 0 Å². The highest BCUT2D eigenvalue weighted by Crippen LogP contribution is 2.33. The zero-order chi connectivity index (χ0) is 14.1. The molecule has 20 heavy (non-hydrogen) atoms. The number of halogens is 2. The maximum absolute atomic E-state index is 12.2. The topological polar surface area (TPSA) is 41.1 Å². The smallest absolute Gasteiger partial charge is 0.265 e. The van der Waals surface area contributed by atoms with Crippen molar-refractivity contribution in [1.82, 2.24) is 0 Å². The Morgan fingerprint density at radius 2 is 2.15 bits per heavy atom. The largest absolute Gasteiger partial charge is 0.385 e. The van der Waals surface area contributed by atoms with Gasteiger partial charge in [-0.25, -0.2) is 0 Å². The number of aryl methyl sites for hydroxylation is 1. The Hall–Kier alpha value is -0.850. The molecular formula is C14H12Br2N2OS. The molecule has 0 spiro atoms. The van der Waals surface area contributed by atoms with Crippen molar-refractivity contribution in [2.45, 2.75) is 12.8 Å². The minimum atomic E-state index is -0.0786. The summed E-state index contributed by atoms with van der Waals surface area (Å²) in [7, 11) is 0. The van der Waals surface area contributed by atoms with Crippen LogP contribution in [0.2, 0.25) is 0 Å². The van der Waals surface area contributed by atoms with Crippen LogP contribution in [0.1, 0.15) is 21.7 Å². The number of hydrogen-bond donors (Lipinski definition) is 2. The second kappa shape index (κ2) is 5.87. The fourth-order valence-corrected chi connectivity index (χ4v) is 4.13. The minimum absolute atomic E-state index is 0.0786. The monoisotopic (exact) mass is 414 g/mol. The Balaban J connectivity index is 1.79. The predicted octanol–water partition coefficient (Wildman–Crippen LogP) is 4.88. The van der Waals surface area contributed by atoms with Gasteiger partial charge in [-0.2, -0.15) is 0 Å². The van der Waals surface area contributed by atoms with Gasteiger partial charge in [0.05, 0.1) is 8.66 Å². The first-order chi connectivity index (χ1) is 9.63. The third-order valence-corrected chi connectivity index (χ3v) is 6.43. The van der Waals surface area contributed by atoms with Crippen molar-refractivity contribution in [2.24, 2.45) is 0 Å². The van der Waals surface area contributed by atoms with E-state index in [1.54, 1.807) is 0 Å². The van der Waals surface area contributed by atoms with Crippen molar-refractivity contribution in [3.05, 3.63) is 43.0 Å². The number of anilines is 2. The molecule has 0 saturated heterocycles. The molecule has 0 atom stereocenters. The zero-order valence-corrected chi connectivity index (χ0v) is 14.5. The normalized spacial score (nSPS) is 13.5. The second-order valence-electron chi connectivity index (χ2n) is 4.59. The lowest BCUT2D eigenvalue weighted by atomic mass is 10.0. The van der Waals surface area contributed by atoms with Crippen LogP contribution in [0.5, 0.6) is 0 Å². The van der Waals surface area contributed by atoms with Crippen molar-refractivity contribution in [1.29, 1.82) is 0 Å². The predicted molar refractivity (Wildman–Crippen MR) is 90.9 cm³/mol. The molecule has 1 aromatic heterocycles. The fraction of sp³-hybridized carbons (Fsp3) is 0.214. The van der Waals surface area contributed by atoms with E-state index in [-0.39, 0.29) is 5.91 Å². The lowest BCUT2D eigenvalue weighted by molar-refractivity contribution is 0.103. The van der Waals surface area contributed by atoms with E-state index in [1.807, 2.05) is 18.2 Å². The Kier molecular flexibility index (Phi) is 4.14. The number of nitrogens with one attached hydrogen (secondary N) is 2. The molecule has 2 heterocycles. The van der Waals surface area contributed by atoms with Gasteiger partial charge < -0.3 is 10.6 Å². The molecular weight excluding hydrogens is 404 g/mol. The molecule has 2 aromatic rings. The molecule has 1 amide bonds. The van der Waals surface area contributed by atoms with E-state index < -0.39 is 0 Å². The first-order valence-corrected chi connectivity index (χ1v) is 8.67. The third kappa shape index (κ3) is 2.92. The zero-order valence-electron chi connectivity index (χ0n) is 10.5. The lowest BCUT2D eigenvalue weighted by Gasteiger charge is -2.18. The van der Waals surface area contributed by atoms with Crippen LogP contribution in [-0.2, 0) is 6.42 Å². The van der Waals surface area contributed by atoms with E-state index in [0.29, 0.717) is 4.88 Å². The van der Waals surface area contributed by atoms with Crippen LogP contribution < -0.4 is 10.6 Å². The van der Waals surface area contributed by atoms with Crippen LogP contribution in [-0.4, -0.2) is 12.5 Å². The number of rotatable bonds is 2. The highest BCUT2D eigenvalue weighted by atomic mass is 79.9. The minimum Gasteiger partial charge on any atom is -0.385 e. The molecule has 3 nitrogen and oxygen atoms in total. The van der Waals surface area contributed by atoms with Crippen LogP contribution in [0, 0.1) is 0 Å². The summed E-state index contributed by atoms with van der Waals surface area (Å²) in [6.07, 6.45) is 2.19. The summed E-state index contributed by atoms with van der Waals surface area (Å²) in [5.41, 5.74) is 3.29. The summed E-state index contributed by atoms with van der Waals surface area (Å²) in [5.74, 6) is -0.0786. The van der Waals surface area contributed by atoms with Gasteiger partial charge in [-0.3, -0.25) is 4.79 Å². The van der Waals surface area contributed by atoms with Gasteiger partial charge in [0.15, 0.2) is 0 Å². The molecule has 0 radical (unpaired) electrons. The lowest BCUT2D eigenvalue weighted by Crippen LogP contribution is -2.14. The summed E-state index contributed by atoms with van der Waals surface area (Å²) in [5, 5.41) is 6.31. The van der Waals surface area contributed by atoms with Crippen molar-refractivity contribution in [2.75, 3.05) is 17.2 Å². The molecule has 0 unspecified atom stereocenters. The molecule has 6 heteroatoms. The van der Waals surface area contributed by atoms with Crippen molar-refractivity contribution in [3.63, 3.8) is 0 Å². The number of carbonyl (C=O) groups is 1. The van der Waals surface area contributed by atoms with E-state index in [0.717, 1.165) is 33.3 Å². The average Bonchev–Trinajstić information content (AvgIpc) is 2.79. The highest BCUT2D eigenvalue weighted by molar-refractivity contribution is 9.13. The molecule has 1 aromatic carbocycles. The molecule has 0 fully saturated rings. The molecule has 0 saturated carbocycles. The molecule has 1 aliphatic heterocycles. The molecule has 0 bridgehead atoms. The fourth-order valence-electron chi connectivity index (χ4n) is 2.20. The number of benzene rings is 1. The Bertz CT molecular complexity index is 650.